The van der Waals surface area contributed by atoms with Crippen LogP contribution in [0, 0.1) is 11.8 Å². The number of amides is 3. The van der Waals surface area contributed by atoms with Crippen molar-refractivity contribution in [1.82, 2.24) is 14.7 Å². The number of aliphatic hydroxyl groups is 1. The maximum atomic E-state index is 14.1. The van der Waals surface area contributed by atoms with E-state index in [1.807, 2.05) is 16.7 Å². The van der Waals surface area contributed by atoms with Gasteiger partial charge >= 0.3 is 0 Å². The Balaban J connectivity index is 2.04. The van der Waals surface area contributed by atoms with Crippen LogP contribution in [0.1, 0.15) is 59.3 Å². The summed E-state index contributed by atoms with van der Waals surface area (Å²) < 4.78 is -0.991. The van der Waals surface area contributed by atoms with Crippen molar-refractivity contribution < 1.29 is 19.5 Å². The predicted molar refractivity (Wildman–Crippen MR) is 141 cm³/mol. The van der Waals surface area contributed by atoms with E-state index in [0.29, 0.717) is 39.1 Å². The number of hydrogen-bond donors (Lipinski definition) is 1. The molecule has 3 aliphatic heterocycles. The second-order valence-electron chi connectivity index (χ2n) is 10.3. The van der Waals surface area contributed by atoms with Gasteiger partial charge in [-0.05, 0) is 39.0 Å². The highest BCUT2D eigenvalue weighted by Gasteiger charge is 2.77. The monoisotopic (exact) mass is 505 g/mol. The number of thioether (sulfide) groups is 1. The fraction of sp³-hybridized carbons (Fsp3) is 0.741. The van der Waals surface area contributed by atoms with Crippen LogP contribution in [0.2, 0.25) is 0 Å². The SMILES string of the molecule is C=CCN(CCCC)C(=O)C1N(CCCO)C(=O)[C@@H]2[C@@H](C(=O)N(CC=C)CCC)[C@@]3(C)CCC12S3. The molecule has 35 heavy (non-hydrogen) atoms. The lowest BCUT2D eigenvalue weighted by Gasteiger charge is -2.38. The van der Waals surface area contributed by atoms with E-state index in [9.17, 15) is 19.5 Å². The number of hydrogen-bond acceptors (Lipinski definition) is 5. The highest BCUT2D eigenvalue weighted by molar-refractivity contribution is 8.02. The van der Waals surface area contributed by atoms with Gasteiger partial charge in [-0.2, -0.15) is 0 Å². The summed E-state index contributed by atoms with van der Waals surface area (Å²) in [5, 5.41) is 9.53. The van der Waals surface area contributed by atoms with Crippen molar-refractivity contribution in [2.24, 2.45) is 11.8 Å². The summed E-state index contributed by atoms with van der Waals surface area (Å²) in [4.78, 5) is 47.4. The van der Waals surface area contributed by atoms with E-state index < -0.39 is 22.6 Å². The summed E-state index contributed by atoms with van der Waals surface area (Å²) in [5.41, 5.74) is 0. The molecule has 0 aromatic carbocycles. The van der Waals surface area contributed by atoms with Gasteiger partial charge < -0.3 is 19.8 Å². The molecule has 1 N–H and O–H groups in total. The molecule has 196 valence electrons. The van der Waals surface area contributed by atoms with E-state index in [1.54, 1.807) is 28.8 Å². The minimum atomic E-state index is -0.619. The Labute approximate surface area is 215 Å². The fourth-order valence-electron chi connectivity index (χ4n) is 6.45. The first-order valence-corrected chi connectivity index (χ1v) is 14.0. The number of likely N-dealkylation sites (tertiary alicyclic amines) is 1. The van der Waals surface area contributed by atoms with Crippen LogP contribution < -0.4 is 0 Å². The average Bonchev–Trinajstić information content (AvgIpc) is 3.40. The molecular weight excluding hydrogens is 462 g/mol. The Kier molecular flexibility index (Phi) is 9.13. The van der Waals surface area contributed by atoms with Gasteiger partial charge in [-0.3, -0.25) is 14.4 Å². The van der Waals surface area contributed by atoms with Gasteiger partial charge in [0.15, 0.2) is 0 Å². The molecule has 5 atom stereocenters. The molecule has 2 bridgehead atoms. The summed E-state index contributed by atoms with van der Waals surface area (Å²) in [6, 6.07) is -0.619. The molecule has 0 radical (unpaired) electrons. The molecule has 0 aromatic heterocycles. The number of aliphatic hydroxyl groups excluding tert-OH is 1. The zero-order valence-corrected chi connectivity index (χ0v) is 22.5. The zero-order valence-electron chi connectivity index (χ0n) is 21.7. The highest BCUT2D eigenvalue weighted by atomic mass is 32.2. The van der Waals surface area contributed by atoms with Gasteiger partial charge in [-0.25, -0.2) is 0 Å². The first-order chi connectivity index (χ1) is 16.8. The lowest BCUT2D eigenvalue weighted by atomic mass is 9.66. The largest absolute Gasteiger partial charge is 0.396 e. The first kappa shape index (κ1) is 27.8. The van der Waals surface area contributed by atoms with Crippen LogP contribution >= 0.6 is 11.8 Å². The number of rotatable bonds is 14. The first-order valence-electron chi connectivity index (χ1n) is 13.2. The number of carbonyl (C=O) groups is 3. The third-order valence-corrected chi connectivity index (χ3v) is 9.92. The molecule has 0 aromatic rings. The molecule has 0 aliphatic carbocycles. The lowest BCUT2D eigenvalue weighted by Crippen LogP contribution is -2.55. The van der Waals surface area contributed by atoms with Crippen LogP contribution in [0.4, 0.5) is 0 Å². The minimum Gasteiger partial charge on any atom is -0.396 e. The van der Waals surface area contributed by atoms with Crippen molar-refractivity contribution in [2.75, 3.05) is 39.3 Å². The normalized spacial score (nSPS) is 30.9. The zero-order chi connectivity index (χ0) is 25.8. The van der Waals surface area contributed by atoms with Gasteiger partial charge in [0.1, 0.15) is 6.04 Å². The van der Waals surface area contributed by atoms with Crippen LogP contribution in [0.5, 0.6) is 0 Å². The second kappa shape index (κ2) is 11.5. The van der Waals surface area contributed by atoms with E-state index in [-0.39, 0.29) is 29.1 Å². The van der Waals surface area contributed by atoms with Gasteiger partial charge in [0.05, 0.1) is 16.6 Å². The van der Waals surface area contributed by atoms with E-state index >= 15 is 0 Å². The summed E-state index contributed by atoms with van der Waals surface area (Å²) in [5.74, 6) is -1.13. The van der Waals surface area contributed by atoms with Crippen LogP contribution in [-0.2, 0) is 14.4 Å². The van der Waals surface area contributed by atoms with Gasteiger partial charge in [0.2, 0.25) is 17.7 Å². The molecule has 3 amide bonds. The van der Waals surface area contributed by atoms with Crippen LogP contribution in [0.3, 0.4) is 0 Å². The summed E-state index contributed by atoms with van der Waals surface area (Å²) in [6.45, 7) is 16.3. The van der Waals surface area contributed by atoms with Crippen LogP contribution in [-0.4, -0.2) is 92.4 Å². The third kappa shape index (κ3) is 4.80. The topological polar surface area (TPSA) is 81.2 Å². The van der Waals surface area contributed by atoms with Gasteiger partial charge in [0, 0.05) is 44.1 Å². The smallest absolute Gasteiger partial charge is 0.247 e. The Morgan fingerprint density at radius 1 is 1.09 bits per heavy atom. The number of carbonyl (C=O) groups excluding carboxylic acids is 3. The summed E-state index contributed by atoms with van der Waals surface area (Å²) in [7, 11) is 0. The summed E-state index contributed by atoms with van der Waals surface area (Å²) in [6.07, 6.45) is 8.11. The van der Waals surface area contributed by atoms with Crippen LogP contribution in [0.15, 0.2) is 25.3 Å². The molecule has 3 aliphatic rings. The molecule has 1 spiro atoms. The Bertz CT molecular complexity index is 835. The van der Waals surface area contributed by atoms with E-state index in [2.05, 4.69) is 27.0 Å². The molecule has 3 heterocycles. The molecule has 3 saturated heterocycles. The highest BCUT2D eigenvalue weighted by Crippen LogP contribution is 2.71. The maximum Gasteiger partial charge on any atom is 0.247 e. The minimum absolute atomic E-state index is 0.00538. The van der Waals surface area contributed by atoms with Crippen molar-refractivity contribution in [1.29, 1.82) is 0 Å². The second-order valence-corrected chi connectivity index (χ2v) is 12.2. The van der Waals surface area contributed by atoms with E-state index in [1.165, 1.54) is 0 Å². The molecule has 7 nitrogen and oxygen atoms in total. The molecule has 3 rings (SSSR count). The van der Waals surface area contributed by atoms with Crippen LogP contribution in [0.25, 0.3) is 0 Å². The summed E-state index contributed by atoms with van der Waals surface area (Å²) >= 11 is 1.71. The van der Waals surface area contributed by atoms with Gasteiger partial charge in [-0.15, -0.1) is 24.9 Å². The van der Waals surface area contributed by atoms with Gasteiger partial charge in [0.25, 0.3) is 0 Å². The Morgan fingerprint density at radius 2 is 1.74 bits per heavy atom. The van der Waals surface area contributed by atoms with Crippen molar-refractivity contribution in [3.63, 3.8) is 0 Å². The predicted octanol–water partition coefficient (Wildman–Crippen LogP) is 3.09. The number of fused-ring (bicyclic) bond motifs is 1. The third-order valence-electron chi connectivity index (χ3n) is 7.93. The van der Waals surface area contributed by atoms with Crippen molar-refractivity contribution in [3.8, 4) is 0 Å². The lowest BCUT2D eigenvalue weighted by molar-refractivity contribution is -0.145. The number of unbranched alkanes of at least 4 members (excludes halogenated alkanes) is 1. The van der Waals surface area contributed by atoms with Crippen molar-refractivity contribution in [3.05, 3.63) is 25.3 Å². The van der Waals surface area contributed by atoms with Crippen molar-refractivity contribution in [2.45, 2.75) is 74.8 Å². The van der Waals surface area contributed by atoms with E-state index in [0.717, 1.165) is 32.1 Å². The molecule has 8 heteroatoms. The molecular formula is C27H43N3O4S. The Hall–Kier alpha value is -1.80. The Morgan fingerprint density at radius 3 is 2.31 bits per heavy atom. The van der Waals surface area contributed by atoms with Crippen molar-refractivity contribution >= 4 is 29.5 Å². The van der Waals surface area contributed by atoms with Gasteiger partial charge in [-0.1, -0.05) is 32.4 Å². The molecule has 2 unspecified atom stereocenters. The fourth-order valence-corrected chi connectivity index (χ4v) is 8.79. The number of nitrogens with zero attached hydrogens (tertiary/aromatic N) is 3. The standard InChI is InChI=1S/C27H43N3O4S/c1-6-10-17-29(16-9-4)25(34)22-27-13-12-26(5,35-27)20(23(32)28(14-7-2)15-8-3)21(27)24(33)30(22)18-11-19-31/h7,9,20-22,31H,2,4,6,8,10-19H2,1,3,5H3/t20-,21-,22?,26+,27?/m0/s1. The molecule has 3 fully saturated rings. The quantitative estimate of drug-likeness (QED) is 0.367. The average molecular weight is 506 g/mol. The maximum absolute atomic E-state index is 14.1. The molecule has 0 saturated carbocycles. The van der Waals surface area contributed by atoms with E-state index in [4.69, 9.17) is 0 Å².